The highest BCUT2D eigenvalue weighted by Gasteiger charge is 2.17. The number of aromatic nitrogens is 4. The third-order valence-electron chi connectivity index (χ3n) is 3.66. The molecule has 0 radical (unpaired) electrons. The largest absolute Gasteiger partial charge is 0.341 e. The number of imidazole rings is 1. The van der Waals surface area contributed by atoms with E-state index in [9.17, 15) is 4.79 Å². The minimum absolute atomic E-state index is 0.204. The quantitative estimate of drug-likeness (QED) is 0.677. The molecule has 0 aliphatic heterocycles. The molecule has 3 rings (SSSR count). The van der Waals surface area contributed by atoms with Crippen LogP contribution in [-0.2, 0) is 6.42 Å². The van der Waals surface area contributed by atoms with Crippen molar-refractivity contribution in [1.82, 2.24) is 25.5 Å². The lowest BCUT2D eigenvalue weighted by molar-refractivity contribution is 0.0933. The zero-order chi connectivity index (χ0) is 16.4. The van der Waals surface area contributed by atoms with Crippen molar-refractivity contribution in [3.63, 3.8) is 0 Å². The van der Waals surface area contributed by atoms with Crippen LogP contribution in [0.15, 0.2) is 30.3 Å². The van der Waals surface area contributed by atoms with E-state index in [0.717, 1.165) is 29.0 Å². The third kappa shape index (κ3) is 3.41. The number of H-pyrrole nitrogens is 2. The first-order valence-corrected chi connectivity index (χ1v) is 7.82. The van der Waals surface area contributed by atoms with Crippen LogP contribution in [0, 0.1) is 5.92 Å². The molecule has 6 nitrogen and oxygen atoms in total. The van der Waals surface area contributed by atoms with Gasteiger partial charge in [0.25, 0.3) is 5.91 Å². The average Bonchev–Trinajstić information content (AvgIpc) is 3.12. The first kappa shape index (κ1) is 15.3. The van der Waals surface area contributed by atoms with E-state index in [1.54, 1.807) is 6.07 Å². The van der Waals surface area contributed by atoms with Crippen LogP contribution >= 0.6 is 0 Å². The standard InChI is InChI=1S/C17H21N5O/c1-10(2)8-12-9-15(22-21-12)17(23)18-11(3)16-19-13-6-4-5-7-14(13)20-16/h4-7,9-11H,8H2,1-3H3,(H,18,23)(H,19,20)(H,21,22). The number of aromatic amines is 2. The minimum atomic E-state index is -0.222. The number of nitrogens with zero attached hydrogens (tertiary/aromatic N) is 2. The highest BCUT2D eigenvalue weighted by molar-refractivity contribution is 5.92. The number of para-hydroxylation sites is 2. The second-order valence-electron chi connectivity index (χ2n) is 6.21. The zero-order valence-corrected chi connectivity index (χ0v) is 13.6. The maximum absolute atomic E-state index is 12.3. The van der Waals surface area contributed by atoms with Gasteiger partial charge >= 0.3 is 0 Å². The molecule has 1 atom stereocenters. The summed E-state index contributed by atoms with van der Waals surface area (Å²) in [5, 5.41) is 9.93. The Morgan fingerprint density at radius 3 is 2.78 bits per heavy atom. The molecular weight excluding hydrogens is 290 g/mol. The Morgan fingerprint density at radius 2 is 2.04 bits per heavy atom. The van der Waals surface area contributed by atoms with Crippen molar-refractivity contribution in [2.24, 2.45) is 5.92 Å². The molecule has 2 heterocycles. The normalized spacial score (nSPS) is 12.7. The average molecular weight is 311 g/mol. The van der Waals surface area contributed by atoms with Gasteiger partial charge in [0.1, 0.15) is 11.5 Å². The molecule has 3 N–H and O–H groups in total. The second kappa shape index (κ2) is 6.24. The molecule has 23 heavy (non-hydrogen) atoms. The molecule has 0 aliphatic rings. The number of benzene rings is 1. The lowest BCUT2D eigenvalue weighted by atomic mass is 10.1. The maximum atomic E-state index is 12.3. The number of carbonyl (C=O) groups is 1. The van der Waals surface area contributed by atoms with Gasteiger partial charge in [-0.25, -0.2) is 4.98 Å². The van der Waals surface area contributed by atoms with E-state index in [1.165, 1.54) is 0 Å². The third-order valence-corrected chi connectivity index (χ3v) is 3.66. The number of hydrogen-bond acceptors (Lipinski definition) is 3. The van der Waals surface area contributed by atoms with E-state index in [1.807, 2.05) is 31.2 Å². The van der Waals surface area contributed by atoms with Crippen LogP contribution in [0.1, 0.15) is 48.8 Å². The summed E-state index contributed by atoms with van der Waals surface area (Å²) in [6.45, 7) is 6.16. The summed E-state index contributed by atoms with van der Waals surface area (Å²) in [5.74, 6) is 1.04. The molecule has 1 unspecified atom stereocenters. The predicted molar refractivity (Wildman–Crippen MR) is 89.1 cm³/mol. The van der Waals surface area contributed by atoms with Crippen LogP contribution in [0.5, 0.6) is 0 Å². The van der Waals surface area contributed by atoms with Crippen molar-refractivity contribution in [1.29, 1.82) is 0 Å². The molecule has 0 saturated carbocycles. The van der Waals surface area contributed by atoms with E-state index >= 15 is 0 Å². The van der Waals surface area contributed by atoms with Gasteiger partial charge in [-0.2, -0.15) is 5.10 Å². The highest BCUT2D eigenvalue weighted by Crippen LogP contribution is 2.16. The van der Waals surface area contributed by atoms with Gasteiger partial charge in [-0.3, -0.25) is 9.89 Å². The van der Waals surface area contributed by atoms with Crippen molar-refractivity contribution >= 4 is 16.9 Å². The summed E-state index contributed by atoms with van der Waals surface area (Å²) in [4.78, 5) is 20.0. The van der Waals surface area contributed by atoms with E-state index < -0.39 is 0 Å². The maximum Gasteiger partial charge on any atom is 0.272 e. The molecule has 0 fully saturated rings. The first-order chi connectivity index (χ1) is 11.0. The first-order valence-electron chi connectivity index (χ1n) is 7.82. The summed E-state index contributed by atoms with van der Waals surface area (Å²) >= 11 is 0. The number of carbonyl (C=O) groups excluding carboxylic acids is 1. The molecule has 0 aliphatic carbocycles. The van der Waals surface area contributed by atoms with E-state index in [4.69, 9.17) is 0 Å². The topological polar surface area (TPSA) is 86.5 Å². The smallest absolute Gasteiger partial charge is 0.272 e. The molecular formula is C17H21N5O. The number of fused-ring (bicyclic) bond motifs is 1. The van der Waals surface area contributed by atoms with Gasteiger partial charge in [-0.05, 0) is 37.5 Å². The molecule has 3 aromatic rings. The highest BCUT2D eigenvalue weighted by atomic mass is 16.2. The van der Waals surface area contributed by atoms with E-state index in [-0.39, 0.29) is 11.9 Å². The van der Waals surface area contributed by atoms with Crippen molar-refractivity contribution in [2.75, 3.05) is 0 Å². The van der Waals surface area contributed by atoms with E-state index in [2.05, 4.69) is 39.3 Å². The van der Waals surface area contributed by atoms with Crippen molar-refractivity contribution in [3.8, 4) is 0 Å². The van der Waals surface area contributed by atoms with Crippen LogP contribution in [0.2, 0.25) is 0 Å². The monoisotopic (exact) mass is 311 g/mol. The van der Waals surface area contributed by atoms with E-state index in [0.29, 0.717) is 11.6 Å². The van der Waals surface area contributed by atoms with Crippen molar-refractivity contribution in [2.45, 2.75) is 33.2 Å². The van der Waals surface area contributed by atoms with Gasteiger partial charge in [0.2, 0.25) is 0 Å². The molecule has 120 valence electrons. The number of rotatable bonds is 5. The molecule has 1 aromatic carbocycles. The summed E-state index contributed by atoms with van der Waals surface area (Å²) in [5.41, 5.74) is 3.23. The zero-order valence-electron chi connectivity index (χ0n) is 13.6. The van der Waals surface area contributed by atoms with Gasteiger partial charge < -0.3 is 10.3 Å². The van der Waals surface area contributed by atoms with Gasteiger partial charge in [0.05, 0.1) is 17.1 Å². The van der Waals surface area contributed by atoms with Crippen LogP contribution in [-0.4, -0.2) is 26.1 Å². The van der Waals surface area contributed by atoms with Crippen LogP contribution < -0.4 is 5.32 Å². The number of nitrogens with one attached hydrogen (secondary N) is 3. The SMILES string of the molecule is CC(C)Cc1cc(C(=O)NC(C)c2nc3ccccc3[nH]2)n[nH]1. The predicted octanol–water partition coefficient (Wildman–Crippen LogP) is 2.98. The minimum Gasteiger partial charge on any atom is -0.341 e. The Balaban J connectivity index is 1.70. The summed E-state index contributed by atoms with van der Waals surface area (Å²) in [6, 6.07) is 9.38. The van der Waals surface area contributed by atoms with Crippen molar-refractivity contribution < 1.29 is 4.79 Å². The second-order valence-corrected chi connectivity index (χ2v) is 6.21. The molecule has 1 amide bonds. The van der Waals surface area contributed by atoms with Gasteiger partial charge in [-0.1, -0.05) is 26.0 Å². The fraction of sp³-hybridized carbons (Fsp3) is 0.353. The Morgan fingerprint density at radius 1 is 1.26 bits per heavy atom. The molecule has 2 aromatic heterocycles. The Bertz CT molecular complexity index is 784. The Kier molecular flexibility index (Phi) is 4.14. The summed E-state index contributed by atoms with van der Waals surface area (Å²) < 4.78 is 0. The summed E-state index contributed by atoms with van der Waals surface area (Å²) in [7, 11) is 0. The number of hydrogen-bond donors (Lipinski definition) is 3. The van der Waals surface area contributed by atoms with Gasteiger partial charge in [0.15, 0.2) is 0 Å². The van der Waals surface area contributed by atoms with Gasteiger partial charge in [0, 0.05) is 5.69 Å². The number of amides is 1. The fourth-order valence-corrected chi connectivity index (χ4v) is 2.54. The lowest BCUT2D eigenvalue weighted by Crippen LogP contribution is -2.27. The van der Waals surface area contributed by atoms with Crippen LogP contribution in [0.3, 0.4) is 0 Å². The van der Waals surface area contributed by atoms with Crippen LogP contribution in [0.4, 0.5) is 0 Å². The van der Waals surface area contributed by atoms with Gasteiger partial charge in [-0.15, -0.1) is 0 Å². The molecule has 0 spiro atoms. The molecule has 0 bridgehead atoms. The fourth-order valence-electron chi connectivity index (χ4n) is 2.54. The lowest BCUT2D eigenvalue weighted by Gasteiger charge is -2.09. The summed E-state index contributed by atoms with van der Waals surface area (Å²) in [6.07, 6.45) is 0.874. The Labute approximate surface area is 134 Å². The molecule has 0 saturated heterocycles. The Hall–Kier alpha value is -2.63. The van der Waals surface area contributed by atoms with Crippen LogP contribution in [0.25, 0.3) is 11.0 Å². The van der Waals surface area contributed by atoms with Crippen molar-refractivity contribution in [3.05, 3.63) is 47.5 Å². The molecule has 6 heteroatoms.